The van der Waals surface area contributed by atoms with Gasteiger partial charge in [0.15, 0.2) is 0 Å². The lowest BCUT2D eigenvalue weighted by Gasteiger charge is -2.27. The van der Waals surface area contributed by atoms with Crippen molar-refractivity contribution in [2.24, 2.45) is 0 Å². The highest BCUT2D eigenvalue weighted by Gasteiger charge is 2.34. The molecular weight excluding hydrogens is 212 g/mol. The molecule has 0 aromatic heterocycles. The Morgan fingerprint density at radius 3 is 2.31 bits per heavy atom. The molecule has 0 saturated heterocycles. The van der Waals surface area contributed by atoms with Gasteiger partial charge in [0, 0.05) is 12.0 Å². The van der Waals surface area contributed by atoms with E-state index in [2.05, 4.69) is 0 Å². The molecule has 1 rings (SSSR count). The van der Waals surface area contributed by atoms with Crippen molar-refractivity contribution in [3.63, 3.8) is 0 Å². The summed E-state index contributed by atoms with van der Waals surface area (Å²) < 4.78 is 0. The topological polar surface area (TPSA) is 98.0 Å². The first kappa shape index (κ1) is 12.6. The van der Waals surface area contributed by atoms with E-state index < -0.39 is 17.9 Å². The van der Waals surface area contributed by atoms with Crippen LogP contribution in [0.1, 0.15) is 18.4 Å². The number of carboxylic acids is 1. The summed E-state index contributed by atoms with van der Waals surface area (Å²) in [5.74, 6) is -3.51. The van der Waals surface area contributed by atoms with E-state index in [9.17, 15) is 20.1 Å². The molecule has 88 valence electrons. The number of hydrogen-bond acceptors (Lipinski definition) is 4. The van der Waals surface area contributed by atoms with Crippen molar-refractivity contribution in [2.45, 2.75) is 24.7 Å². The quantitative estimate of drug-likeness (QED) is 0.532. The minimum Gasteiger partial charge on any atom is -0.481 e. The Hall–Kier alpha value is -1.43. The summed E-state index contributed by atoms with van der Waals surface area (Å²) >= 11 is 0. The highest BCUT2D eigenvalue weighted by atomic mass is 16.5. The summed E-state index contributed by atoms with van der Waals surface area (Å²) in [5, 5.41) is 37.3. The Balaban J connectivity index is 2.73. The largest absolute Gasteiger partial charge is 0.481 e. The first-order valence-corrected chi connectivity index (χ1v) is 4.84. The van der Waals surface area contributed by atoms with Gasteiger partial charge < -0.3 is 20.4 Å². The molecule has 1 atom stereocenters. The van der Waals surface area contributed by atoms with Crippen LogP contribution in [0, 0.1) is 0 Å². The molecule has 0 aliphatic rings. The molecule has 0 amide bonds. The van der Waals surface area contributed by atoms with Gasteiger partial charge in [0.1, 0.15) is 6.10 Å². The van der Waals surface area contributed by atoms with Gasteiger partial charge in [0.05, 0.1) is 0 Å². The van der Waals surface area contributed by atoms with Crippen LogP contribution >= 0.6 is 0 Å². The molecule has 0 saturated carbocycles. The zero-order valence-corrected chi connectivity index (χ0v) is 8.58. The summed E-state index contributed by atoms with van der Waals surface area (Å²) in [6, 6.07) is 7.79. The number of aliphatic hydroxyl groups excluding tert-OH is 1. The zero-order chi connectivity index (χ0) is 12.2. The van der Waals surface area contributed by atoms with E-state index in [-0.39, 0.29) is 18.4 Å². The van der Waals surface area contributed by atoms with E-state index in [0.717, 1.165) is 0 Å². The van der Waals surface area contributed by atoms with Crippen LogP contribution in [0.3, 0.4) is 0 Å². The third-order valence-electron chi connectivity index (χ3n) is 2.29. The molecule has 0 radical (unpaired) electrons. The summed E-state index contributed by atoms with van der Waals surface area (Å²) in [7, 11) is 0. The smallest absolute Gasteiger partial charge is 0.303 e. The van der Waals surface area contributed by atoms with Gasteiger partial charge in [-0.25, -0.2) is 0 Å². The summed E-state index contributed by atoms with van der Waals surface area (Å²) in [4.78, 5) is 10.3. The maximum Gasteiger partial charge on any atom is 0.303 e. The maximum atomic E-state index is 10.3. The lowest BCUT2D eigenvalue weighted by molar-refractivity contribution is -0.236. The molecule has 0 aliphatic heterocycles. The number of carbonyl (C=O) groups is 1. The molecule has 0 aliphatic carbocycles. The Bertz CT molecular complexity index is 347. The van der Waals surface area contributed by atoms with Gasteiger partial charge >= 0.3 is 5.97 Å². The molecule has 1 aromatic carbocycles. The fraction of sp³-hybridized carbons (Fsp3) is 0.364. The van der Waals surface area contributed by atoms with Gasteiger partial charge in [0.2, 0.25) is 5.79 Å². The number of carboxylic acid groups (broad SMARTS) is 1. The standard InChI is InChI=1S/C11H14O5/c12-9(6-7-10(13)14)11(15,16)8-4-2-1-3-5-8/h1-5,9,12,15-16H,6-7H2,(H,13,14). The van der Waals surface area contributed by atoms with Crippen LogP contribution < -0.4 is 0 Å². The predicted octanol–water partition coefficient (Wildman–Crippen LogP) is 0.0497. The lowest BCUT2D eigenvalue weighted by Crippen LogP contribution is -2.39. The molecule has 1 aromatic rings. The Morgan fingerprint density at radius 2 is 1.81 bits per heavy atom. The molecule has 5 nitrogen and oxygen atoms in total. The maximum absolute atomic E-state index is 10.3. The van der Waals surface area contributed by atoms with E-state index in [0.29, 0.717) is 0 Å². The monoisotopic (exact) mass is 226 g/mol. The Kier molecular flexibility index (Phi) is 4.00. The van der Waals surface area contributed by atoms with Crippen molar-refractivity contribution < 1.29 is 25.2 Å². The van der Waals surface area contributed by atoms with Gasteiger partial charge in [-0.15, -0.1) is 0 Å². The minimum atomic E-state index is -2.42. The highest BCUT2D eigenvalue weighted by molar-refractivity contribution is 5.66. The van der Waals surface area contributed by atoms with Gasteiger partial charge in [-0.05, 0) is 6.42 Å². The fourth-order valence-corrected chi connectivity index (χ4v) is 1.34. The zero-order valence-electron chi connectivity index (χ0n) is 8.58. The van der Waals surface area contributed by atoms with Crippen molar-refractivity contribution in [3.05, 3.63) is 35.9 Å². The molecule has 4 N–H and O–H groups in total. The van der Waals surface area contributed by atoms with E-state index in [4.69, 9.17) is 5.11 Å². The van der Waals surface area contributed by atoms with Crippen molar-refractivity contribution in [1.82, 2.24) is 0 Å². The second kappa shape index (κ2) is 5.07. The van der Waals surface area contributed by atoms with Crippen molar-refractivity contribution in [1.29, 1.82) is 0 Å². The molecule has 0 fully saturated rings. The predicted molar refractivity (Wildman–Crippen MR) is 55.4 cm³/mol. The Morgan fingerprint density at radius 1 is 1.25 bits per heavy atom. The second-order valence-electron chi connectivity index (χ2n) is 3.54. The summed E-state index contributed by atoms with van der Waals surface area (Å²) in [5.41, 5.74) is 0.132. The molecular formula is C11H14O5. The minimum absolute atomic E-state index is 0.132. The number of benzene rings is 1. The van der Waals surface area contributed by atoms with Crippen LogP contribution in [0.5, 0.6) is 0 Å². The number of rotatable bonds is 5. The van der Waals surface area contributed by atoms with E-state index >= 15 is 0 Å². The van der Waals surface area contributed by atoms with Crippen LogP contribution in [-0.2, 0) is 10.6 Å². The van der Waals surface area contributed by atoms with Crippen LogP contribution in [0.15, 0.2) is 30.3 Å². The van der Waals surface area contributed by atoms with Gasteiger partial charge in [0.25, 0.3) is 0 Å². The molecule has 5 heteroatoms. The average Bonchev–Trinajstić information content (AvgIpc) is 2.27. The second-order valence-corrected chi connectivity index (χ2v) is 3.54. The Labute approximate surface area is 92.6 Å². The first-order valence-electron chi connectivity index (χ1n) is 4.84. The fourth-order valence-electron chi connectivity index (χ4n) is 1.34. The normalized spacial score (nSPS) is 13.4. The van der Waals surface area contributed by atoms with Gasteiger partial charge in [-0.3, -0.25) is 4.79 Å². The van der Waals surface area contributed by atoms with E-state index in [1.54, 1.807) is 18.2 Å². The lowest BCUT2D eigenvalue weighted by atomic mass is 9.97. The van der Waals surface area contributed by atoms with Crippen molar-refractivity contribution in [3.8, 4) is 0 Å². The van der Waals surface area contributed by atoms with E-state index in [1.807, 2.05) is 0 Å². The third kappa shape index (κ3) is 3.03. The van der Waals surface area contributed by atoms with Crippen LogP contribution in [0.25, 0.3) is 0 Å². The summed E-state index contributed by atoms with van der Waals surface area (Å²) in [6.45, 7) is 0. The summed E-state index contributed by atoms with van der Waals surface area (Å²) in [6.07, 6.45) is -2.08. The van der Waals surface area contributed by atoms with Gasteiger partial charge in [-0.2, -0.15) is 0 Å². The molecule has 0 heterocycles. The number of hydrogen-bond donors (Lipinski definition) is 4. The first-order chi connectivity index (χ1) is 7.44. The third-order valence-corrected chi connectivity index (χ3v) is 2.29. The highest BCUT2D eigenvalue weighted by Crippen LogP contribution is 2.24. The molecule has 0 spiro atoms. The SMILES string of the molecule is O=C(O)CCC(O)C(O)(O)c1ccccc1. The van der Waals surface area contributed by atoms with Crippen molar-refractivity contribution >= 4 is 5.97 Å². The number of aliphatic carboxylic acids is 1. The average molecular weight is 226 g/mol. The van der Waals surface area contributed by atoms with E-state index in [1.165, 1.54) is 12.1 Å². The number of aliphatic hydroxyl groups is 3. The molecule has 0 bridgehead atoms. The molecule has 1 unspecified atom stereocenters. The molecule has 16 heavy (non-hydrogen) atoms. The van der Waals surface area contributed by atoms with Crippen LogP contribution in [-0.4, -0.2) is 32.5 Å². The van der Waals surface area contributed by atoms with Gasteiger partial charge in [-0.1, -0.05) is 30.3 Å². The van der Waals surface area contributed by atoms with Crippen LogP contribution in [0.4, 0.5) is 0 Å². The van der Waals surface area contributed by atoms with Crippen LogP contribution in [0.2, 0.25) is 0 Å². The van der Waals surface area contributed by atoms with Crippen molar-refractivity contribution in [2.75, 3.05) is 0 Å².